The van der Waals surface area contributed by atoms with Gasteiger partial charge in [-0.25, -0.2) is 4.39 Å². The lowest BCUT2D eigenvalue weighted by molar-refractivity contribution is 0.318. The third kappa shape index (κ3) is 3.79. The van der Waals surface area contributed by atoms with Gasteiger partial charge in [0.1, 0.15) is 0 Å². The summed E-state index contributed by atoms with van der Waals surface area (Å²) in [7, 11) is 1.96. The second kappa shape index (κ2) is 6.45. The van der Waals surface area contributed by atoms with Crippen LogP contribution in [-0.2, 0) is 6.54 Å². The van der Waals surface area contributed by atoms with Crippen molar-refractivity contribution in [1.29, 1.82) is 0 Å². The largest absolute Gasteiger partial charge is 0.491 e. The number of ether oxygens (including phenoxy) is 1. The lowest BCUT2D eigenvalue weighted by atomic mass is 10.2. The van der Waals surface area contributed by atoms with E-state index in [4.69, 9.17) is 10.5 Å². The lowest BCUT2D eigenvalue weighted by Gasteiger charge is -2.15. The highest BCUT2D eigenvalue weighted by molar-refractivity contribution is 5.29. The molecule has 1 rings (SSSR count). The zero-order valence-corrected chi connectivity index (χ0v) is 9.87. The van der Waals surface area contributed by atoms with Gasteiger partial charge in [-0.2, -0.15) is 0 Å². The van der Waals surface area contributed by atoms with E-state index in [1.54, 1.807) is 6.07 Å². The van der Waals surface area contributed by atoms with Crippen molar-refractivity contribution in [3.05, 3.63) is 29.6 Å². The second-order valence-electron chi connectivity index (χ2n) is 3.72. The molecule has 0 aliphatic carbocycles. The van der Waals surface area contributed by atoms with Crippen molar-refractivity contribution < 1.29 is 9.13 Å². The maximum atomic E-state index is 13.5. The molecule has 0 unspecified atom stereocenters. The molecule has 0 amide bonds. The third-order valence-corrected chi connectivity index (χ3v) is 2.26. The first-order valence-electron chi connectivity index (χ1n) is 5.47. The molecule has 0 fully saturated rings. The van der Waals surface area contributed by atoms with Gasteiger partial charge in [-0.1, -0.05) is 6.07 Å². The molecular weight excluding hydrogens is 207 g/mol. The number of benzene rings is 1. The van der Waals surface area contributed by atoms with Crippen LogP contribution in [0.2, 0.25) is 0 Å². The molecule has 0 radical (unpaired) electrons. The average Bonchev–Trinajstić information content (AvgIpc) is 2.22. The molecule has 0 atom stereocenters. The Balaban J connectivity index is 2.65. The van der Waals surface area contributed by atoms with Gasteiger partial charge in [0.05, 0.1) is 6.61 Å². The number of halogens is 1. The Morgan fingerprint density at radius 3 is 2.75 bits per heavy atom. The van der Waals surface area contributed by atoms with Crippen LogP contribution >= 0.6 is 0 Å². The van der Waals surface area contributed by atoms with Gasteiger partial charge >= 0.3 is 0 Å². The monoisotopic (exact) mass is 226 g/mol. The van der Waals surface area contributed by atoms with Crippen molar-refractivity contribution in [2.24, 2.45) is 5.73 Å². The van der Waals surface area contributed by atoms with E-state index in [9.17, 15) is 4.39 Å². The maximum absolute atomic E-state index is 13.5. The number of likely N-dealkylation sites (N-methyl/N-ethyl adjacent to an activating group) is 1. The normalized spacial score (nSPS) is 10.8. The van der Waals surface area contributed by atoms with Gasteiger partial charge in [-0.15, -0.1) is 0 Å². The molecule has 3 nitrogen and oxygen atoms in total. The highest BCUT2D eigenvalue weighted by atomic mass is 19.1. The lowest BCUT2D eigenvalue weighted by Crippen LogP contribution is -2.24. The minimum absolute atomic E-state index is 0.305. The van der Waals surface area contributed by atoms with Crippen molar-refractivity contribution in [1.82, 2.24) is 4.90 Å². The molecule has 1 aromatic carbocycles. The number of nitrogens with two attached hydrogens (primary N) is 1. The number of nitrogens with zero attached hydrogens (tertiary/aromatic N) is 1. The first-order valence-corrected chi connectivity index (χ1v) is 5.47. The van der Waals surface area contributed by atoms with Gasteiger partial charge in [0.25, 0.3) is 0 Å². The molecule has 0 saturated carbocycles. The summed E-state index contributed by atoms with van der Waals surface area (Å²) >= 11 is 0. The minimum Gasteiger partial charge on any atom is -0.491 e. The molecule has 1 aromatic rings. The topological polar surface area (TPSA) is 38.5 Å². The SMILES string of the molecule is CCOc1ccc(CN(C)CCN)cc1F. The molecule has 0 bridgehead atoms. The van der Waals surface area contributed by atoms with Crippen molar-refractivity contribution in [3.63, 3.8) is 0 Å². The van der Waals surface area contributed by atoms with Gasteiger partial charge in [0, 0.05) is 19.6 Å². The van der Waals surface area contributed by atoms with Crippen LogP contribution in [0.15, 0.2) is 18.2 Å². The van der Waals surface area contributed by atoms with Crippen LogP contribution in [0.1, 0.15) is 12.5 Å². The van der Waals surface area contributed by atoms with E-state index in [-0.39, 0.29) is 5.82 Å². The Bertz CT molecular complexity index is 331. The zero-order chi connectivity index (χ0) is 12.0. The van der Waals surface area contributed by atoms with Crippen molar-refractivity contribution >= 4 is 0 Å². The molecular formula is C12H19FN2O. The van der Waals surface area contributed by atoms with Crippen molar-refractivity contribution in [2.75, 3.05) is 26.7 Å². The molecule has 2 N–H and O–H groups in total. The summed E-state index contributed by atoms with van der Waals surface area (Å²) in [5.74, 6) is 0.00762. The van der Waals surface area contributed by atoms with Crippen LogP contribution in [0.5, 0.6) is 5.75 Å². The van der Waals surface area contributed by atoms with E-state index in [0.29, 0.717) is 25.4 Å². The fourth-order valence-electron chi connectivity index (χ4n) is 1.53. The predicted molar refractivity (Wildman–Crippen MR) is 63.0 cm³/mol. The summed E-state index contributed by atoms with van der Waals surface area (Å²) in [6, 6.07) is 5.06. The Kier molecular flexibility index (Phi) is 5.22. The van der Waals surface area contributed by atoms with Gasteiger partial charge in [-0.3, -0.25) is 0 Å². The Hall–Kier alpha value is -1.13. The van der Waals surface area contributed by atoms with Crippen LogP contribution in [0.4, 0.5) is 4.39 Å². The van der Waals surface area contributed by atoms with Crippen LogP contribution in [0, 0.1) is 5.82 Å². The first kappa shape index (κ1) is 12.9. The summed E-state index contributed by atoms with van der Waals surface area (Å²) in [5.41, 5.74) is 6.37. The maximum Gasteiger partial charge on any atom is 0.165 e. The highest BCUT2D eigenvalue weighted by Crippen LogP contribution is 2.18. The van der Waals surface area contributed by atoms with Crippen LogP contribution in [0.3, 0.4) is 0 Å². The molecule has 16 heavy (non-hydrogen) atoms. The summed E-state index contributed by atoms with van der Waals surface area (Å²) in [5, 5.41) is 0. The van der Waals surface area contributed by atoms with Gasteiger partial charge in [0.15, 0.2) is 11.6 Å². The molecule has 4 heteroatoms. The van der Waals surface area contributed by atoms with Crippen molar-refractivity contribution in [2.45, 2.75) is 13.5 Å². The molecule has 0 aromatic heterocycles. The third-order valence-electron chi connectivity index (χ3n) is 2.26. The van der Waals surface area contributed by atoms with Crippen molar-refractivity contribution in [3.8, 4) is 5.75 Å². The quantitative estimate of drug-likeness (QED) is 0.801. The average molecular weight is 226 g/mol. The van der Waals surface area contributed by atoms with Gasteiger partial charge in [0.2, 0.25) is 0 Å². The smallest absolute Gasteiger partial charge is 0.165 e. The number of hydrogen-bond donors (Lipinski definition) is 1. The summed E-state index contributed by atoms with van der Waals surface area (Å²) in [4.78, 5) is 2.05. The standard InChI is InChI=1S/C12H19FN2O/c1-3-16-12-5-4-10(8-11(12)13)9-15(2)7-6-14/h4-5,8H,3,6-7,9,14H2,1-2H3. The van der Waals surface area contributed by atoms with E-state index < -0.39 is 0 Å². The van der Waals surface area contributed by atoms with E-state index >= 15 is 0 Å². The van der Waals surface area contributed by atoms with Crippen LogP contribution in [0.25, 0.3) is 0 Å². The Morgan fingerprint density at radius 1 is 1.44 bits per heavy atom. The van der Waals surface area contributed by atoms with Gasteiger partial charge in [-0.05, 0) is 31.7 Å². The van der Waals surface area contributed by atoms with Crippen LogP contribution in [-0.4, -0.2) is 31.6 Å². The zero-order valence-electron chi connectivity index (χ0n) is 9.87. The summed E-state index contributed by atoms with van der Waals surface area (Å²) < 4.78 is 18.6. The number of rotatable bonds is 6. The molecule has 0 aliphatic heterocycles. The number of hydrogen-bond acceptors (Lipinski definition) is 3. The molecule has 0 spiro atoms. The van der Waals surface area contributed by atoms with Gasteiger partial charge < -0.3 is 15.4 Å². The second-order valence-corrected chi connectivity index (χ2v) is 3.72. The first-order chi connectivity index (χ1) is 7.67. The van der Waals surface area contributed by atoms with E-state index in [2.05, 4.69) is 4.90 Å². The molecule has 0 heterocycles. The molecule has 90 valence electrons. The molecule has 0 aliphatic rings. The Labute approximate surface area is 96.0 Å². The van der Waals surface area contributed by atoms with Crippen LogP contribution < -0.4 is 10.5 Å². The fourth-order valence-corrected chi connectivity index (χ4v) is 1.53. The van der Waals surface area contributed by atoms with E-state index in [0.717, 1.165) is 12.1 Å². The summed E-state index contributed by atoms with van der Waals surface area (Å²) in [6.07, 6.45) is 0. The predicted octanol–water partition coefficient (Wildman–Crippen LogP) is 1.61. The highest BCUT2D eigenvalue weighted by Gasteiger charge is 2.05. The summed E-state index contributed by atoms with van der Waals surface area (Å²) in [6.45, 7) is 4.41. The van der Waals surface area contributed by atoms with E-state index in [1.165, 1.54) is 6.07 Å². The Morgan fingerprint density at radius 2 is 2.19 bits per heavy atom. The molecule has 0 saturated heterocycles. The minimum atomic E-state index is -0.305. The fraction of sp³-hybridized carbons (Fsp3) is 0.500. The van der Waals surface area contributed by atoms with E-state index in [1.807, 2.05) is 20.0 Å².